The maximum absolute atomic E-state index is 2.45. The Morgan fingerprint density at radius 2 is 0.840 bits per heavy atom. The van der Waals surface area contributed by atoms with Crippen LogP contribution in [0.1, 0.15) is 55.5 Å². The molecule has 0 radical (unpaired) electrons. The normalized spacial score (nSPS) is 14.8. The summed E-state index contributed by atoms with van der Waals surface area (Å²) in [5.41, 5.74) is 21.0. The monoisotopic (exact) mass is 641 g/mol. The van der Waals surface area contributed by atoms with Crippen LogP contribution in [0, 0.1) is 6.92 Å². The molecule has 0 fully saturated rings. The fraction of sp³-hybridized carbons (Fsp3) is 0.143. The van der Waals surface area contributed by atoms with E-state index in [0.29, 0.717) is 0 Å². The molecule has 1 heterocycles. The average Bonchev–Trinajstić information content (AvgIpc) is 3.68. The summed E-state index contributed by atoms with van der Waals surface area (Å²) in [5.74, 6) is 0. The second-order valence-corrected chi connectivity index (χ2v) is 15.4. The molecule has 1 aromatic heterocycles. The number of hydrogen-bond acceptors (Lipinski definition) is 0. The van der Waals surface area contributed by atoms with Crippen molar-refractivity contribution in [3.8, 4) is 50.2 Å². The molecular formula is C49H39N. The fourth-order valence-corrected chi connectivity index (χ4v) is 9.28. The van der Waals surface area contributed by atoms with E-state index in [1.54, 1.807) is 0 Å². The number of rotatable bonds is 3. The SMILES string of the molecule is Cc1cc(-c2ccc3c(c2)C(C)(C)c2ccccc2-3)ccc1-c1ccc2c(c1)C(C)(C)c1cc(-n3c4ccccc4c4ccccc43)ccc1-2. The lowest BCUT2D eigenvalue weighted by atomic mass is 9.81. The highest BCUT2D eigenvalue weighted by Gasteiger charge is 2.37. The lowest BCUT2D eigenvalue weighted by Crippen LogP contribution is -2.15. The first-order chi connectivity index (χ1) is 24.2. The van der Waals surface area contributed by atoms with Gasteiger partial charge in [0.2, 0.25) is 0 Å². The number of aromatic nitrogens is 1. The zero-order valence-corrected chi connectivity index (χ0v) is 29.3. The van der Waals surface area contributed by atoms with Crippen molar-refractivity contribution in [2.24, 2.45) is 0 Å². The molecule has 8 aromatic rings. The van der Waals surface area contributed by atoms with Gasteiger partial charge in [0.05, 0.1) is 11.0 Å². The highest BCUT2D eigenvalue weighted by Crippen LogP contribution is 2.52. The molecule has 0 aliphatic heterocycles. The molecule has 7 aromatic carbocycles. The highest BCUT2D eigenvalue weighted by molar-refractivity contribution is 6.09. The van der Waals surface area contributed by atoms with Crippen molar-refractivity contribution in [1.29, 1.82) is 0 Å². The first-order valence-electron chi connectivity index (χ1n) is 17.9. The number of nitrogens with zero attached hydrogens (tertiary/aromatic N) is 1. The Bertz CT molecular complexity index is 2660. The summed E-state index contributed by atoms with van der Waals surface area (Å²) < 4.78 is 2.43. The van der Waals surface area contributed by atoms with Crippen LogP contribution in [0.25, 0.3) is 72.0 Å². The van der Waals surface area contributed by atoms with Gasteiger partial charge in [-0.05, 0) is 116 Å². The van der Waals surface area contributed by atoms with Crippen molar-refractivity contribution in [2.45, 2.75) is 45.4 Å². The van der Waals surface area contributed by atoms with Gasteiger partial charge < -0.3 is 4.57 Å². The van der Waals surface area contributed by atoms with Crippen molar-refractivity contribution >= 4 is 21.8 Å². The van der Waals surface area contributed by atoms with Gasteiger partial charge in [0, 0.05) is 27.3 Å². The number of para-hydroxylation sites is 2. The second-order valence-electron chi connectivity index (χ2n) is 15.4. The maximum Gasteiger partial charge on any atom is 0.0541 e. The molecule has 0 spiro atoms. The molecular weight excluding hydrogens is 603 g/mol. The van der Waals surface area contributed by atoms with Gasteiger partial charge >= 0.3 is 0 Å². The van der Waals surface area contributed by atoms with Crippen LogP contribution in [-0.2, 0) is 10.8 Å². The summed E-state index contributed by atoms with van der Waals surface area (Å²) in [4.78, 5) is 0. The van der Waals surface area contributed by atoms with E-state index in [0.717, 1.165) is 0 Å². The molecule has 0 saturated carbocycles. The molecule has 0 amide bonds. The minimum absolute atomic E-state index is 0.00403. The fourth-order valence-electron chi connectivity index (χ4n) is 9.28. The number of aryl methyl sites for hydroxylation is 1. The molecule has 240 valence electrons. The minimum atomic E-state index is -0.127. The van der Waals surface area contributed by atoms with Gasteiger partial charge in [-0.1, -0.05) is 137 Å². The first-order valence-corrected chi connectivity index (χ1v) is 17.9. The first kappa shape index (κ1) is 29.3. The quantitative estimate of drug-likeness (QED) is 0.181. The molecule has 10 rings (SSSR count). The largest absolute Gasteiger partial charge is 0.309 e. The van der Waals surface area contributed by atoms with Gasteiger partial charge in [-0.2, -0.15) is 0 Å². The Morgan fingerprint density at radius 1 is 0.380 bits per heavy atom. The van der Waals surface area contributed by atoms with Crippen molar-refractivity contribution in [3.05, 3.63) is 173 Å². The van der Waals surface area contributed by atoms with Gasteiger partial charge in [-0.15, -0.1) is 0 Å². The third-order valence-electron chi connectivity index (χ3n) is 12.0. The third-order valence-corrected chi connectivity index (χ3v) is 12.0. The highest BCUT2D eigenvalue weighted by atomic mass is 15.0. The predicted octanol–water partition coefficient (Wildman–Crippen LogP) is 13.0. The number of fused-ring (bicyclic) bond motifs is 9. The van der Waals surface area contributed by atoms with Crippen molar-refractivity contribution < 1.29 is 0 Å². The number of benzene rings is 7. The molecule has 0 unspecified atom stereocenters. The summed E-state index contributed by atoms with van der Waals surface area (Å²) in [6.07, 6.45) is 0. The van der Waals surface area contributed by atoms with E-state index >= 15 is 0 Å². The molecule has 0 saturated heterocycles. The van der Waals surface area contributed by atoms with Crippen LogP contribution in [0.3, 0.4) is 0 Å². The average molecular weight is 642 g/mol. The molecule has 1 nitrogen and oxygen atoms in total. The Balaban J connectivity index is 1.02. The van der Waals surface area contributed by atoms with Gasteiger partial charge in [0.15, 0.2) is 0 Å². The van der Waals surface area contributed by atoms with Crippen molar-refractivity contribution in [2.75, 3.05) is 0 Å². The van der Waals surface area contributed by atoms with Crippen molar-refractivity contribution in [3.63, 3.8) is 0 Å². The molecule has 0 atom stereocenters. The minimum Gasteiger partial charge on any atom is -0.309 e. The van der Waals surface area contributed by atoms with Crippen LogP contribution in [0.15, 0.2) is 146 Å². The summed E-state index contributed by atoms with van der Waals surface area (Å²) in [6, 6.07) is 54.7. The Morgan fingerprint density at radius 3 is 1.50 bits per heavy atom. The van der Waals surface area contributed by atoms with Gasteiger partial charge in [-0.3, -0.25) is 0 Å². The molecule has 2 aliphatic carbocycles. The van der Waals surface area contributed by atoms with Crippen LogP contribution in [0.4, 0.5) is 0 Å². The van der Waals surface area contributed by atoms with E-state index in [1.807, 2.05) is 0 Å². The van der Waals surface area contributed by atoms with E-state index in [2.05, 4.69) is 185 Å². The standard InChI is InChI=1S/C49H39N/c1-30-26-31(32-19-23-37-36-12-6-9-15-42(36)48(2,3)43(37)27-32)18-22-35(30)33-20-24-38-39-25-21-34(29-45(39)49(4,5)44(38)28-33)50-46-16-10-7-13-40(46)41-14-8-11-17-47(41)50/h6-29H,1-5H3. The van der Waals surface area contributed by atoms with Crippen LogP contribution in [-0.4, -0.2) is 4.57 Å². The van der Waals surface area contributed by atoms with Crippen LogP contribution in [0.5, 0.6) is 0 Å². The Labute approximate surface area is 294 Å². The van der Waals surface area contributed by atoms with E-state index < -0.39 is 0 Å². The topological polar surface area (TPSA) is 4.93 Å². The van der Waals surface area contributed by atoms with E-state index in [9.17, 15) is 0 Å². The zero-order chi connectivity index (χ0) is 33.9. The summed E-state index contributed by atoms with van der Waals surface area (Å²) in [7, 11) is 0. The Hall–Kier alpha value is -5.66. The molecule has 0 bridgehead atoms. The van der Waals surface area contributed by atoms with Crippen LogP contribution < -0.4 is 0 Å². The lowest BCUT2D eigenvalue weighted by Gasteiger charge is -2.23. The summed E-state index contributed by atoms with van der Waals surface area (Å²) >= 11 is 0. The van der Waals surface area contributed by atoms with Crippen molar-refractivity contribution in [1.82, 2.24) is 4.57 Å². The maximum atomic E-state index is 2.45. The van der Waals surface area contributed by atoms with Gasteiger partial charge in [-0.25, -0.2) is 0 Å². The Kier molecular flexibility index (Phi) is 5.96. The predicted molar refractivity (Wildman–Crippen MR) is 212 cm³/mol. The molecule has 50 heavy (non-hydrogen) atoms. The zero-order valence-electron chi connectivity index (χ0n) is 29.3. The van der Waals surface area contributed by atoms with Gasteiger partial charge in [0.1, 0.15) is 0 Å². The summed E-state index contributed by atoms with van der Waals surface area (Å²) in [6.45, 7) is 11.8. The van der Waals surface area contributed by atoms with Gasteiger partial charge in [0.25, 0.3) is 0 Å². The van der Waals surface area contributed by atoms with Crippen LogP contribution in [0.2, 0.25) is 0 Å². The second kappa shape index (κ2) is 10.2. The van der Waals surface area contributed by atoms with E-state index in [-0.39, 0.29) is 10.8 Å². The molecule has 2 aliphatic rings. The lowest BCUT2D eigenvalue weighted by molar-refractivity contribution is 0.660. The smallest absolute Gasteiger partial charge is 0.0541 e. The molecule has 0 N–H and O–H groups in total. The van der Waals surface area contributed by atoms with E-state index in [4.69, 9.17) is 0 Å². The third kappa shape index (κ3) is 3.95. The summed E-state index contributed by atoms with van der Waals surface area (Å²) in [5, 5.41) is 2.59. The number of hydrogen-bond donors (Lipinski definition) is 0. The van der Waals surface area contributed by atoms with Crippen LogP contribution >= 0.6 is 0 Å². The molecule has 1 heteroatoms. The van der Waals surface area contributed by atoms with E-state index in [1.165, 1.54) is 99.8 Å².